The molecule has 0 amide bonds. The zero-order valence-electron chi connectivity index (χ0n) is 10.9. The Morgan fingerprint density at radius 3 is 1.33 bits per heavy atom. The summed E-state index contributed by atoms with van der Waals surface area (Å²) in [6, 6.07) is 16.0. The Morgan fingerprint density at radius 2 is 1.05 bits per heavy atom. The molecule has 2 rings (SSSR count). The molecule has 21 heavy (non-hydrogen) atoms. The first kappa shape index (κ1) is 14.3. The van der Waals surface area contributed by atoms with Gasteiger partial charge in [0.1, 0.15) is 11.4 Å². The van der Waals surface area contributed by atoms with Gasteiger partial charge in [-0.05, 0) is 24.3 Å². The van der Waals surface area contributed by atoms with Gasteiger partial charge in [-0.3, -0.25) is 0 Å². The van der Waals surface area contributed by atoms with Gasteiger partial charge in [0.15, 0.2) is 10.1 Å². The normalized spacial score (nSPS) is 9.90. The summed E-state index contributed by atoms with van der Waals surface area (Å²) >= 11 is 0. The third-order valence-corrected chi connectivity index (χ3v) is 2.77. The third-order valence-electron chi connectivity index (χ3n) is 2.77. The van der Waals surface area contributed by atoms with Crippen molar-refractivity contribution >= 4 is 11.4 Å². The van der Waals surface area contributed by atoms with Gasteiger partial charge in [-0.25, -0.2) is 20.2 Å². The summed E-state index contributed by atoms with van der Waals surface area (Å²) in [5.74, 6) is 0. The zero-order valence-corrected chi connectivity index (χ0v) is 10.9. The van der Waals surface area contributed by atoms with Crippen LogP contribution in [0.25, 0.3) is 0 Å². The summed E-state index contributed by atoms with van der Waals surface area (Å²) in [7, 11) is 0. The minimum Gasteiger partial charge on any atom is -0.234 e. The first-order chi connectivity index (χ1) is 10.1. The minimum atomic E-state index is -0.672. The van der Waals surface area contributed by atoms with E-state index in [1.165, 1.54) is 24.3 Å². The molecule has 0 aliphatic carbocycles. The van der Waals surface area contributed by atoms with Crippen molar-refractivity contribution in [2.45, 2.75) is 0 Å². The summed E-state index contributed by atoms with van der Waals surface area (Å²) in [5, 5.41) is 22.4. The Bertz CT molecular complexity index is 565. The number of hydrogen-bond acceptors (Lipinski definition) is 4. The number of anilines is 2. The second kappa shape index (κ2) is 6.33. The van der Waals surface area contributed by atoms with Gasteiger partial charge in [0, 0.05) is 0 Å². The van der Waals surface area contributed by atoms with Crippen LogP contribution in [0.3, 0.4) is 0 Å². The van der Waals surface area contributed by atoms with Crippen molar-refractivity contribution < 1.29 is 10.1 Å². The van der Waals surface area contributed by atoms with Gasteiger partial charge in [-0.1, -0.05) is 46.4 Å². The van der Waals surface area contributed by atoms with Crippen molar-refractivity contribution in [2.24, 2.45) is 0 Å². The van der Waals surface area contributed by atoms with Gasteiger partial charge >= 0.3 is 0 Å². The van der Waals surface area contributed by atoms with Crippen LogP contribution in [0.4, 0.5) is 11.4 Å². The number of nitro groups is 2. The maximum absolute atomic E-state index is 11.2. The Balaban J connectivity index is 2.30. The molecule has 0 atom stereocenters. The van der Waals surface area contributed by atoms with Crippen LogP contribution in [0, 0.1) is 20.2 Å². The van der Waals surface area contributed by atoms with Crippen LogP contribution in [0.5, 0.6) is 0 Å². The molecule has 0 fully saturated rings. The van der Waals surface area contributed by atoms with E-state index in [0.29, 0.717) is 0 Å². The topological polar surface area (TPSA) is 92.8 Å². The molecule has 0 unspecified atom stereocenters. The van der Waals surface area contributed by atoms with Crippen LogP contribution in [0.2, 0.25) is 0 Å². The van der Waals surface area contributed by atoms with Crippen LogP contribution in [0.1, 0.15) is 0 Å². The number of para-hydroxylation sites is 2. The standard InChI is InChI=1S/C13H12N4O4/c18-16(19)14(12-7-3-1-4-8-12)11-15(17(20)21)13-9-5-2-6-10-13/h1-10H,11H2. The van der Waals surface area contributed by atoms with Gasteiger partial charge in [0.2, 0.25) is 6.67 Å². The maximum atomic E-state index is 11.2. The van der Waals surface area contributed by atoms with E-state index < -0.39 is 16.7 Å². The van der Waals surface area contributed by atoms with Crippen molar-refractivity contribution in [1.82, 2.24) is 0 Å². The lowest BCUT2D eigenvalue weighted by Gasteiger charge is -2.19. The fraction of sp³-hybridized carbons (Fsp3) is 0.0769. The molecule has 2 aromatic carbocycles. The van der Waals surface area contributed by atoms with Crippen molar-refractivity contribution in [3.8, 4) is 0 Å². The van der Waals surface area contributed by atoms with Crippen molar-refractivity contribution in [3.05, 3.63) is 80.9 Å². The highest BCUT2D eigenvalue weighted by Crippen LogP contribution is 2.18. The minimum absolute atomic E-state index is 0.269. The molecular formula is C13H12N4O4. The predicted octanol–water partition coefficient (Wildman–Crippen LogP) is 2.34. The second-order valence-corrected chi connectivity index (χ2v) is 4.09. The van der Waals surface area contributed by atoms with E-state index in [9.17, 15) is 20.2 Å². The zero-order chi connectivity index (χ0) is 15.2. The predicted molar refractivity (Wildman–Crippen MR) is 76.7 cm³/mol. The number of nitrogens with zero attached hydrogens (tertiary/aromatic N) is 4. The van der Waals surface area contributed by atoms with Gasteiger partial charge in [0.25, 0.3) is 0 Å². The fourth-order valence-corrected chi connectivity index (χ4v) is 1.78. The Morgan fingerprint density at radius 1 is 0.714 bits per heavy atom. The molecule has 0 spiro atoms. The molecule has 0 aliphatic rings. The molecule has 108 valence electrons. The summed E-state index contributed by atoms with van der Waals surface area (Å²) in [6.45, 7) is -0.506. The van der Waals surface area contributed by atoms with Crippen LogP contribution in [0.15, 0.2) is 60.7 Å². The summed E-state index contributed by atoms with van der Waals surface area (Å²) in [6.07, 6.45) is 0. The van der Waals surface area contributed by atoms with E-state index >= 15 is 0 Å². The highest BCUT2D eigenvalue weighted by Gasteiger charge is 2.27. The number of hydrogen-bond donors (Lipinski definition) is 0. The lowest BCUT2D eigenvalue weighted by molar-refractivity contribution is -0.525. The molecule has 8 nitrogen and oxygen atoms in total. The smallest absolute Gasteiger partial charge is 0.219 e. The molecule has 0 aromatic heterocycles. The highest BCUT2D eigenvalue weighted by molar-refractivity contribution is 5.47. The molecule has 0 saturated heterocycles. The lowest BCUT2D eigenvalue weighted by Crippen LogP contribution is -2.44. The van der Waals surface area contributed by atoms with Crippen molar-refractivity contribution in [3.63, 3.8) is 0 Å². The molecule has 0 saturated carbocycles. The van der Waals surface area contributed by atoms with E-state index in [0.717, 1.165) is 10.0 Å². The molecule has 0 bridgehead atoms. The molecule has 8 heteroatoms. The van der Waals surface area contributed by atoms with E-state index in [1.807, 2.05) is 0 Å². The van der Waals surface area contributed by atoms with E-state index in [-0.39, 0.29) is 11.4 Å². The summed E-state index contributed by atoms with van der Waals surface area (Å²) in [5.41, 5.74) is 0.538. The quantitative estimate of drug-likeness (QED) is 0.460. The van der Waals surface area contributed by atoms with Gasteiger partial charge < -0.3 is 0 Å². The monoisotopic (exact) mass is 288 g/mol. The van der Waals surface area contributed by atoms with E-state index in [4.69, 9.17) is 0 Å². The molecule has 0 heterocycles. The van der Waals surface area contributed by atoms with Crippen molar-refractivity contribution in [1.29, 1.82) is 0 Å². The second-order valence-electron chi connectivity index (χ2n) is 4.09. The van der Waals surface area contributed by atoms with Crippen LogP contribution < -0.4 is 10.0 Å². The van der Waals surface area contributed by atoms with Crippen LogP contribution in [-0.2, 0) is 0 Å². The number of rotatable bonds is 6. The molecular weight excluding hydrogens is 276 g/mol. The average Bonchev–Trinajstić information content (AvgIpc) is 2.49. The molecule has 2 aromatic rings. The first-order valence-electron chi connectivity index (χ1n) is 6.03. The van der Waals surface area contributed by atoms with Gasteiger partial charge in [-0.2, -0.15) is 0 Å². The lowest BCUT2D eigenvalue weighted by atomic mass is 10.3. The molecule has 0 radical (unpaired) electrons. The average molecular weight is 288 g/mol. The van der Waals surface area contributed by atoms with Gasteiger partial charge in [-0.15, -0.1) is 0 Å². The maximum Gasteiger partial charge on any atom is 0.219 e. The largest absolute Gasteiger partial charge is 0.234 e. The fourth-order valence-electron chi connectivity index (χ4n) is 1.78. The first-order valence-corrected chi connectivity index (χ1v) is 6.03. The summed E-state index contributed by atoms with van der Waals surface area (Å²) in [4.78, 5) is 22.3. The SMILES string of the molecule is O=[N+]([O-])N(CN(c1ccccc1)[N+](=O)[O-])c1ccccc1. The highest BCUT2D eigenvalue weighted by atomic mass is 16.7. The van der Waals surface area contributed by atoms with Crippen LogP contribution in [-0.4, -0.2) is 16.7 Å². The van der Waals surface area contributed by atoms with Crippen LogP contribution >= 0.6 is 0 Å². The Kier molecular flexibility index (Phi) is 4.30. The van der Waals surface area contributed by atoms with E-state index in [2.05, 4.69) is 0 Å². The van der Waals surface area contributed by atoms with E-state index in [1.54, 1.807) is 36.4 Å². The van der Waals surface area contributed by atoms with Crippen molar-refractivity contribution in [2.75, 3.05) is 16.7 Å². The molecule has 0 N–H and O–H groups in total. The summed E-state index contributed by atoms with van der Waals surface area (Å²) < 4.78 is 0. The van der Waals surface area contributed by atoms with Gasteiger partial charge in [0.05, 0.1) is 0 Å². The third kappa shape index (κ3) is 3.44. The Hall–Kier alpha value is -3.16. The molecule has 0 aliphatic heterocycles. The Labute approximate surface area is 120 Å². The number of hydrazine groups is 2. The number of benzene rings is 2.